The molecule has 0 aliphatic carbocycles. The summed E-state index contributed by atoms with van der Waals surface area (Å²) in [5.41, 5.74) is 3.50. The van der Waals surface area contributed by atoms with Gasteiger partial charge in [0.15, 0.2) is 5.78 Å². The fraction of sp³-hybridized carbons (Fsp3) is 0.333. The van der Waals surface area contributed by atoms with Gasteiger partial charge in [0.05, 0.1) is 16.2 Å². The van der Waals surface area contributed by atoms with Crippen molar-refractivity contribution >= 4 is 44.7 Å². The van der Waals surface area contributed by atoms with Gasteiger partial charge >= 0.3 is 0 Å². The third kappa shape index (κ3) is 4.61. The van der Waals surface area contributed by atoms with Crippen LogP contribution in [-0.2, 0) is 6.54 Å². The molecule has 0 spiro atoms. The Morgan fingerprint density at radius 1 is 1.48 bits per heavy atom. The van der Waals surface area contributed by atoms with Gasteiger partial charge in [-0.1, -0.05) is 27.5 Å². The van der Waals surface area contributed by atoms with E-state index in [-0.39, 0.29) is 5.78 Å². The van der Waals surface area contributed by atoms with E-state index in [1.807, 2.05) is 25.5 Å². The molecule has 0 fully saturated rings. The fourth-order valence-corrected chi connectivity index (χ4v) is 3.58. The number of aromatic nitrogens is 1. The molecule has 1 heterocycles. The van der Waals surface area contributed by atoms with E-state index in [9.17, 15) is 4.79 Å². The Labute approximate surface area is 142 Å². The van der Waals surface area contributed by atoms with E-state index >= 15 is 0 Å². The van der Waals surface area contributed by atoms with Crippen molar-refractivity contribution in [1.82, 2.24) is 9.88 Å². The van der Waals surface area contributed by atoms with Crippen molar-refractivity contribution in [3.8, 4) is 0 Å². The Morgan fingerprint density at radius 3 is 2.86 bits per heavy atom. The third-order valence-electron chi connectivity index (χ3n) is 3.21. The number of thiazole rings is 1. The molecule has 0 radical (unpaired) electrons. The van der Waals surface area contributed by atoms with E-state index in [2.05, 4.69) is 25.8 Å². The van der Waals surface area contributed by atoms with Crippen molar-refractivity contribution in [2.24, 2.45) is 0 Å². The summed E-state index contributed by atoms with van der Waals surface area (Å²) < 4.78 is 0.877. The van der Waals surface area contributed by atoms with Crippen molar-refractivity contribution < 1.29 is 4.79 Å². The number of carbonyl (C=O) groups is 1. The van der Waals surface area contributed by atoms with Crippen LogP contribution in [0.3, 0.4) is 0 Å². The zero-order valence-corrected chi connectivity index (χ0v) is 15.1. The summed E-state index contributed by atoms with van der Waals surface area (Å²) in [6.07, 6.45) is 0.454. The standard InChI is InChI=1S/C15H16BrClN2OS/c1-10-15(21-9-18-10)8-19(2)6-5-14(20)12-4-3-11(16)7-13(12)17/h3-4,7,9H,5-6,8H2,1-2H3. The number of hydrogen-bond acceptors (Lipinski definition) is 4. The smallest absolute Gasteiger partial charge is 0.165 e. The van der Waals surface area contributed by atoms with Gasteiger partial charge in [-0.05, 0) is 32.2 Å². The number of nitrogens with zero attached hydrogens (tertiary/aromatic N) is 2. The average Bonchev–Trinajstić information content (AvgIpc) is 2.81. The lowest BCUT2D eigenvalue weighted by Crippen LogP contribution is -2.21. The second kappa shape index (κ2) is 7.49. The van der Waals surface area contributed by atoms with Crippen LogP contribution in [0.5, 0.6) is 0 Å². The molecule has 1 aromatic carbocycles. The van der Waals surface area contributed by atoms with Crippen LogP contribution < -0.4 is 0 Å². The maximum Gasteiger partial charge on any atom is 0.165 e. The maximum absolute atomic E-state index is 12.2. The molecule has 0 saturated heterocycles. The molecule has 0 amide bonds. The number of hydrogen-bond donors (Lipinski definition) is 0. The summed E-state index contributed by atoms with van der Waals surface area (Å²) in [6, 6.07) is 5.35. The minimum atomic E-state index is 0.0698. The highest BCUT2D eigenvalue weighted by atomic mass is 79.9. The maximum atomic E-state index is 12.2. The molecule has 2 aromatic rings. The molecule has 3 nitrogen and oxygen atoms in total. The van der Waals surface area contributed by atoms with Crippen LogP contribution in [0.15, 0.2) is 28.2 Å². The molecule has 2 rings (SSSR count). The van der Waals surface area contributed by atoms with Crippen LogP contribution in [0.1, 0.15) is 27.3 Å². The van der Waals surface area contributed by atoms with Crippen LogP contribution in [0.4, 0.5) is 0 Å². The minimum Gasteiger partial charge on any atom is -0.301 e. The molecule has 1 aromatic heterocycles. The molecule has 0 atom stereocenters. The van der Waals surface area contributed by atoms with Gasteiger partial charge in [0.25, 0.3) is 0 Å². The van der Waals surface area contributed by atoms with Gasteiger partial charge in [0, 0.05) is 34.4 Å². The predicted molar refractivity (Wildman–Crippen MR) is 91.3 cm³/mol. The van der Waals surface area contributed by atoms with E-state index in [0.717, 1.165) is 16.7 Å². The zero-order valence-electron chi connectivity index (χ0n) is 11.9. The van der Waals surface area contributed by atoms with Crippen molar-refractivity contribution in [2.45, 2.75) is 19.9 Å². The normalized spacial score (nSPS) is 11.1. The minimum absolute atomic E-state index is 0.0698. The van der Waals surface area contributed by atoms with E-state index in [4.69, 9.17) is 11.6 Å². The lowest BCUT2D eigenvalue weighted by atomic mass is 10.1. The van der Waals surface area contributed by atoms with Crippen molar-refractivity contribution in [3.05, 3.63) is 49.3 Å². The SMILES string of the molecule is Cc1ncsc1CN(C)CCC(=O)c1ccc(Br)cc1Cl. The summed E-state index contributed by atoms with van der Waals surface area (Å²) in [4.78, 5) is 19.8. The van der Waals surface area contributed by atoms with Gasteiger partial charge < -0.3 is 4.90 Å². The van der Waals surface area contributed by atoms with E-state index in [0.29, 0.717) is 23.6 Å². The van der Waals surface area contributed by atoms with Crippen molar-refractivity contribution in [3.63, 3.8) is 0 Å². The average molecular weight is 388 g/mol. The molecule has 0 bridgehead atoms. The monoisotopic (exact) mass is 386 g/mol. The second-order valence-corrected chi connectivity index (χ2v) is 7.16. The quantitative estimate of drug-likeness (QED) is 0.681. The summed E-state index contributed by atoms with van der Waals surface area (Å²) in [5, 5.41) is 0.496. The summed E-state index contributed by atoms with van der Waals surface area (Å²) in [6.45, 7) is 3.52. The highest BCUT2D eigenvalue weighted by Gasteiger charge is 2.12. The number of Topliss-reactive ketones (excluding diaryl/α,β-unsaturated/α-hetero) is 1. The Balaban J connectivity index is 1.90. The number of ketones is 1. The molecule has 21 heavy (non-hydrogen) atoms. The second-order valence-electron chi connectivity index (χ2n) is 4.90. The Bertz CT molecular complexity index is 644. The summed E-state index contributed by atoms with van der Waals surface area (Å²) >= 11 is 11.1. The molecule has 112 valence electrons. The predicted octanol–water partition coefficient (Wildman–Crippen LogP) is 4.57. The first-order valence-corrected chi connectivity index (χ1v) is 8.58. The first kappa shape index (κ1) is 16.6. The zero-order chi connectivity index (χ0) is 15.4. The Morgan fingerprint density at radius 2 is 2.24 bits per heavy atom. The van der Waals surface area contributed by atoms with Gasteiger partial charge in [0.1, 0.15) is 0 Å². The first-order valence-electron chi connectivity index (χ1n) is 6.53. The molecule has 0 saturated carbocycles. The number of halogens is 2. The van der Waals surface area contributed by atoms with Crippen LogP contribution >= 0.6 is 38.9 Å². The van der Waals surface area contributed by atoms with Gasteiger partial charge in [-0.15, -0.1) is 11.3 Å². The molecule has 0 N–H and O–H groups in total. The number of aryl methyl sites for hydroxylation is 1. The molecule has 0 aliphatic heterocycles. The highest BCUT2D eigenvalue weighted by molar-refractivity contribution is 9.10. The number of carbonyl (C=O) groups excluding carboxylic acids is 1. The van der Waals surface area contributed by atoms with Crippen LogP contribution in [0, 0.1) is 6.92 Å². The molecule has 0 unspecified atom stereocenters. The van der Waals surface area contributed by atoms with Gasteiger partial charge in [-0.25, -0.2) is 4.98 Å². The van der Waals surface area contributed by atoms with Crippen molar-refractivity contribution in [2.75, 3.05) is 13.6 Å². The van der Waals surface area contributed by atoms with E-state index in [1.165, 1.54) is 4.88 Å². The lowest BCUT2D eigenvalue weighted by Gasteiger charge is -2.15. The highest BCUT2D eigenvalue weighted by Crippen LogP contribution is 2.22. The fourth-order valence-electron chi connectivity index (χ4n) is 1.94. The topological polar surface area (TPSA) is 33.2 Å². The molecular formula is C15H16BrClN2OS. The third-order valence-corrected chi connectivity index (χ3v) is 4.94. The molecule has 0 aliphatic rings. The summed E-state index contributed by atoms with van der Waals surface area (Å²) in [7, 11) is 2.01. The van der Waals surface area contributed by atoms with E-state index < -0.39 is 0 Å². The van der Waals surface area contributed by atoms with Gasteiger partial charge in [-0.2, -0.15) is 0 Å². The largest absolute Gasteiger partial charge is 0.301 e. The first-order chi connectivity index (χ1) is 9.97. The van der Waals surface area contributed by atoms with Crippen LogP contribution in [-0.4, -0.2) is 29.3 Å². The van der Waals surface area contributed by atoms with Gasteiger partial charge in [0.2, 0.25) is 0 Å². The van der Waals surface area contributed by atoms with E-state index in [1.54, 1.807) is 23.5 Å². The summed E-state index contributed by atoms with van der Waals surface area (Å²) in [5.74, 6) is 0.0698. The Kier molecular flexibility index (Phi) is 5.93. The van der Waals surface area contributed by atoms with Crippen LogP contribution in [0.2, 0.25) is 5.02 Å². The van der Waals surface area contributed by atoms with Crippen LogP contribution in [0.25, 0.3) is 0 Å². The van der Waals surface area contributed by atoms with Gasteiger partial charge in [-0.3, -0.25) is 4.79 Å². The number of rotatable bonds is 6. The number of benzene rings is 1. The molecular weight excluding hydrogens is 372 g/mol. The lowest BCUT2D eigenvalue weighted by molar-refractivity contribution is 0.0968. The Hall–Kier alpha value is -0.750. The van der Waals surface area contributed by atoms with Crippen molar-refractivity contribution in [1.29, 1.82) is 0 Å². The molecule has 6 heteroatoms.